The van der Waals surface area contributed by atoms with E-state index in [0.29, 0.717) is 17.9 Å². The van der Waals surface area contributed by atoms with Crippen molar-refractivity contribution in [1.29, 1.82) is 0 Å². The summed E-state index contributed by atoms with van der Waals surface area (Å²) in [5.74, 6) is 0.808. The minimum absolute atomic E-state index is 0.0111. The lowest BCUT2D eigenvalue weighted by molar-refractivity contribution is -0.136. The van der Waals surface area contributed by atoms with Crippen molar-refractivity contribution in [3.8, 4) is 5.75 Å². The lowest BCUT2D eigenvalue weighted by atomic mass is 9.71. The molecule has 5 heteroatoms. The Kier molecular flexibility index (Phi) is 4.20. The van der Waals surface area contributed by atoms with Crippen LogP contribution in [0.5, 0.6) is 5.75 Å². The number of para-hydroxylation sites is 1. The first-order chi connectivity index (χ1) is 12.5. The third kappa shape index (κ3) is 2.43. The standard InChI is InChI=1S/C21H28N2O3/c1-14(24)22-13-15-12-21(2)18(22)10-6-7-11-19(21)23(15)20(25)16-8-4-5-9-17(16)26-3/h4-5,8-9,15,18-19H,6-7,10-13H2,1-3H3/t15-,18+,19-,21+/m0/s1. The fraction of sp³-hybridized carbons (Fsp3) is 0.619. The third-order valence-electron chi connectivity index (χ3n) is 6.89. The Morgan fingerprint density at radius 2 is 1.85 bits per heavy atom. The average Bonchev–Trinajstić information content (AvgIpc) is 2.75. The molecule has 0 aromatic heterocycles. The molecule has 26 heavy (non-hydrogen) atoms. The van der Waals surface area contributed by atoms with Gasteiger partial charge in [-0.25, -0.2) is 0 Å². The van der Waals surface area contributed by atoms with Crippen LogP contribution in [0.15, 0.2) is 24.3 Å². The molecule has 1 aromatic rings. The maximum Gasteiger partial charge on any atom is 0.258 e. The van der Waals surface area contributed by atoms with Crippen molar-refractivity contribution < 1.29 is 14.3 Å². The number of fused-ring (bicyclic) bond motifs is 1. The smallest absolute Gasteiger partial charge is 0.258 e. The fourth-order valence-electron chi connectivity index (χ4n) is 5.78. The molecule has 3 fully saturated rings. The molecule has 1 aromatic carbocycles. The molecule has 3 aliphatic rings. The van der Waals surface area contributed by atoms with Gasteiger partial charge in [-0.15, -0.1) is 0 Å². The Bertz CT molecular complexity index is 734. The van der Waals surface area contributed by atoms with Gasteiger partial charge in [0, 0.05) is 31.0 Å². The zero-order valence-corrected chi connectivity index (χ0v) is 15.9. The maximum absolute atomic E-state index is 13.5. The Labute approximate surface area is 155 Å². The van der Waals surface area contributed by atoms with Gasteiger partial charge >= 0.3 is 0 Å². The summed E-state index contributed by atoms with van der Waals surface area (Å²) in [7, 11) is 1.61. The SMILES string of the molecule is COc1ccccc1C(=O)N1[C@@H]2CN(C(C)=O)[C@@H]3CCCC[C@H]1[C@]3(C)C2. The van der Waals surface area contributed by atoms with Gasteiger partial charge in [-0.3, -0.25) is 9.59 Å². The van der Waals surface area contributed by atoms with Gasteiger partial charge in [0.15, 0.2) is 0 Å². The Morgan fingerprint density at radius 3 is 2.54 bits per heavy atom. The average molecular weight is 356 g/mol. The normalized spacial score (nSPS) is 33.0. The van der Waals surface area contributed by atoms with Crippen LogP contribution in [0.25, 0.3) is 0 Å². The van der Waals surface area contributed by atoms with Crippen molar-refractivity contribution in [2.24, 2.45) is 5.41 Å². The molecule has 5 nitrogen and oxygen atoms in total. The molecule has 2 saturated heterocycles. The lowest BCUT2D eigenvalue weighted by Crippen LogP contribution is -2.55. The molecule has 4 atom stereocenters. The van der Waals surface area contributed by atoms with Crippen molar-refractivity contribution in [1.82, 2.24) is 9.80 Å². The predicted octanol–water partition coefficient (Wildman–Crippen LogP) is 3.09. The van der Waals surface area contributed by atoms with Crippen LogP contribution in [-0.2, 0) is 4.79 Å². The van der Waals surface area contributed by atoms with Crippen molar-refractivity contribution in [3.05, 3.63) is 29.8 Å². The number of carbonyl (C=O) groups is 2. The van der Waals surface area contributed by atoms with Crippen LogP contribution in [-0.4, -0.2) is 53.4 Å². The topological polar surface area (TPSA) is 49.9 Å². The van der Waals surface area contributed by atoms with Crippen molar-refractivity contribution in [2.45, 2.75) is 64.1 Å². The second kappa shape index (κ2) is 6.29. The van der Waals surface area contributed by atoms with E-state index in [-0.39, 0.29) is 35.4 Å². The first kappa shape index (κ1) is 17.4. The molecule has 1 aliphatic carbocycles. The number of benzene rings is 1. The van der Waals surface area contributed by atoms with E-state index >= 15 is 0 Å². The molecule has 2 aliphatic heterocycles. The molecule has 4 rings (SSSR count). The van der Waals surface area contributed by atoms with Gasteiger partial charge in [0.25, 0.3) is 5.91 Å². The highest BCUT2D eigenvalue weighted by molar-refractivity contribution is 5.97. The monoisotopic (exact) mass is 356 g/mol. The summed E-state index contributed by atoms with van der Waals surface area (Å²) < 4.78 is 5.44. The predicted molar refractivity (Wildman–Crippen MR) is 99.1 cm³/mol. The molecule has 2 heterocycles. The number of ether oxygens (including phenoxy) is 1. The van der Waals surface area contributed by atoms with Crippen LogP contribution in [0.2, 0.25) is 0 Å². The summed E-state index contributed by atoms with van der Waals surface area (Å²) in [6.07, 6.45) is 5.31. The number of hydrogen-bond donors (Lipinski definition) is 0. The highest BCUT2D eigenvalue weighted by Crippen LogP contribution is 2.53. The molecular formula is C21H28N2O3. The van der Waals surface area contributed by atoms with E-state index < -0.39 is 0 Å². The van der Waals surface area contributed by atoms with E-state index in [1.165, 1.54) is 0 Å². The molecule has 140 valence electrons. The number of methoxy groups -OCH3 is 1. The number of piperidine rings is 1. The molecule has 0 radical (unpaired) electrons. The number of hydrogen-bond acceptors (Lipinski definition) is 3. The second-order valence-corrected chi connectivity index (χ2v) is 8.26. The second-order valence-electron chi connectivity index (χ2n) is 8.26. The summed E-state index contributed by atoms with van der Waals surface area (Å²) in [4.78, 5) is 30.0. The van der Waals surface area contributed by atoms with Crippen LogP contribution in [0.3, 0.4) is 0 Å². The lowest BCUT2D eigenvalue weighted by Gasteiger charge is -2.46. The summed E-state index contributed by atoms with van der Waals surface area (Å²) in [5.41, 5.74) is 0.615. The molecule has 1 saturated carbocycles. The molecule has 0 spiro atoms. The first-order valence-corrected chi connectivity index (χ1v) is 9.70. The van der Waals surface area contributed by atoms with Crippen molar-refractivity contribution >= 4 is 11.8 Å². The van der Waals surface area contributed by atoms with Crippen LogP contribution >= 0.6 is 0 Å². The largest absolute Gasteiger partial charge is 0.496 e. The quantitative estimate of drug-likeness (QED) is 0.818. The minimum Gasteiger partial charge on any atom is -0.496 e. The summed E-state index contributed by atoms with van der Waals surface area (Å²) >= 11 is 0. The molecular weight excluding hydrogens is 328 g/mol. The van der Waals surface area contributed by atoms with Gasteiger partial charge in [-0.1, -0.05) is 31.9 Å². The van der Waals surface area contributed by atoms with Crippen molar-refractivity contribution in [3.63, 3.8) is 0 Å². The zero-order chi connectivity index (χ0) is 18.5. The Morgan fingerprint density at radius 1 is 1.15 bits per heavy atom. The molecule has 0 unspecified atom stereocenters. The zero-order valence-electron chi connectivity index (χ0n) is 15.9. The van der Waals surface area contributed by atoms with E-state index in [4.69, 9.17) is 4.74 Å². The highest BCUT2D eigenvalue weighted by atomic mass is 16.5. The minimum atomic E-state index is -0.0111. The van der Waals surface area contributed by atoms with E-state index in [0.717, 1.165) is 32.1 Å². The van der Waals surface area contributed by atoms with E-state index in [1.807, 2.05) is 29.2 Å². The number of carbonyl (C=O) groups excluding carboxylic acids is 2. The summed E-state index contributed by atoms with van der Waals surface area (Å²) in [5, 5.41) is 0. The van der Waals surface area contributed by atoms with Crippen molar-refractivity contribution in [2.75, 3.05) is 13.7 Å². The number of nitrogens with zero attached hydrogens (tertiary/aromatic N) is 2. The summed E-state index contributed by atoms with van der Waals surface area (Å²) in [6, 6.07) is 8.01. The molecule has 2 amide bonds. The van der Waals surface area contributed by atoms with Gasteiger partial charge in [0.1, 0.15) is 5.75 Å². The van der Waals surface area contributed by atoms with Crippen LogP contribution in [0.4, 0.5) is 0 Å². The summed E-state index contributed by atoms with van der Waals surface area (Å²) in [6.45, 7) is 4.62. The van der Waals surface area contributed by atoms with E-state index in [9.17, 15) is 9.59 Å². The van der Waals surface area contributed by atoms with Crippen LogP contribution in [0, 0.1) is 5.41 Å². The molecule has 2 bridgehead atoms. The van der Waals surface area contributed by atoms with E-state index in [2.05, 4.69) is 11.8 Å². The third-order valence-corrected chi connectivity index (χ3v) is 6.89. The van der Waals surface area contributed by atoms with Gasteiger partial charge in [0.2, 0.25) is 5.91 Å². The first-order valence-electron chi connectivity index (χ1n) is 9.70. The highest BCUT2D eigenvalue weighted by Gasteiger charge is 2.60. The number of rotatable bonds is 2. The van der Waals surface area contributed by atoms with Gasteiger partial charge in [-0.2, -0.15) is 0 Å². The van der Waals surface area contributed by atoms with Gasteiger partial charge < -0.3 is 14.5 Å². The fourth-order valence-corrected chi connectivity index (χ4v) is 5.78. The van der Waals surface area contributed by atoms with Crippen LogP contribution < -0.4 is 4.74 Å². The molecule has 0 N–H and O–H groups in total. The number of likely N-dealkylation sites (tertiary alicyclic amines) is 2. The number of amides is 2. The Hall–Kier alpha value is -2.04. The maximum atomic E-state index is 13.5. The van der Waals surface area contributed by atoms with Gasteiger partial charge in [0.05, 0.1) is 18.7 Å². The Balaban J connectivity index is 1.76. The van der Waals surface area contributed by atoms with Gasteiger partial charge in [-0.05, 0) is 31.4 Å². The van der Waals surface area contributed by atoms with Crippen LogP contribution in [0.1, 0.15) is 56.3 Å². The van der Waals surface area contributed by atoms with E-state index in [1.54, 1.807) is 14.0 Å².